The number of hydrogen-bond donors (Lipinski definition) is 8. The largest absolute Gasteiger partial charge is 0.633 e. The molecule has 0 spiro atoms. The summed E-state index contributed by atoms with van der Waals surface area (Å²) in [5, 5.41) is 81.7. The van der Waals surface area contributed by atoms with Gasteiger partial charge in [-0.2, -0.15) is 0 Å². The summed E-state index contributed by atoms with van der Waals surface area (Å²) >= 11 is 0. The number of carbonyl (C=O) groups is 1. The number of rotatable bonds is 19. The molecule has 14 heteroatoms. The van der Waals surface area contributed by atoms with Crippen LogP contribution in [0.4, 0.5) is 22.7 Å². The molecule has 0 saturated heterocycles. The van der Waals surface area contributed by atoms with Crippen molar-refractivity contribution in [2.45, 2.75) is 6.92 Å². The van der Waals surface area contributed by atoms with Crippen molar-refractivity contribution in [3.63, 3.8) is 0 Å². The van der Waals surface area contributed by atoms with E-state index in [9.17, 15) is 20.3 Å². The second-order valence-corrected chi connectivity index (χ2v) is 10.8. The van der Waals surface area contributed by atoms with E-state index >= 15 is 0 Å². The second kappa shape index (κ2) is 17.0. The first kappa shape index (κ1) is 35.6. The lowest BCUT2D eigenvalue weighted by atomic mass is 9.99. The van der Waals surface area contributed by atoms with Crippen molar-refractivity contribution < 1.29 is 39.6 Å². The predicted octanol–water partition coefficient (Wildman–Crippen LogP) is 1.59. The van der Waals surface area contributed by atoms with Gasteiger partial charge in [0.25, 0.3) is 0 Å². The number of ketones is 1. The van der Waals surface area contributed by atoms with Crippen LogP contribution in [0, 0.1) is 10.4 Å². The number of aliphatic imine (C=N–C) groups is 1. The lowest BCUT2D eigenvalue weighted by Gasteiger charge is -2.42. The number of nitrogens with zero attached hydrogens (tertiary/aromatic N) is 3. The van der Waals surface area contributed by atoms with Crippen molar-refractivity contribution in [1.82, 2.24) is 0 Å². The zero-order chi connectivity index (χ0) is 32.9. The number of aliphatic hydroxyl groups is 5. The zero-order valence-electron chi connectivity index (χ0n) is 25.5. The maximum atomic E-state index is 12.9. The van der Waals surface area contributed by atoms with E-state index in [2.05, 4.69) is 20.9 Å². The summed E-state index contributed by atoms with van der Waals surface area (Å²) in [5.41, 5.74) is 3.23. The molecular weight excluding hydrogens is 584 g/mol. The quantitative estimate of drug-likeness (QED) is 0.0636. The van der Waals surface area contributed by atoms with Crippen LogP contribution in [0.15, 0.2) is 76.6 Å². The molecule has 45 heavy (non-hydrogen) atoms. The normalized spacial score (nSPS) is 15.0. The van der Waals surface area contributed by atoms with Gasteiger partial charge in [0.2, 0.25) is 5.78 Å². The first-order valence-corrected chi connectivity index (χ1v) is 14.8. The second-order valence-electron chi connectivity index (χ2n) is 10.8. The molecule has 8 N–H and O–H groups in total. The van der Waals surface area contributed by atoms with Gasteiger partial charge in [-0.25, -0.2) is 4.99 Å². The lowest BCUT2D eigenvalue weighted by molar-refractivity contribution is -0.879. The maximum Gasteiger partial charge on any atom is 0.208 e. The van der Waals surface area contributed by atoms with Crippen LogP contribution in [0.3, 0.4) is 0 Å². The highest BCUT2D eigenvalue weighted by molar-refractivity contribution is 6.24. The molecule has 2 aromatic rings. The van der Waals surface area contributed by atoms with Crippen LogP contribution in [0.25, 0.3) is 0 Å². The molecule has 246 valence electrons. The summed E-state index contributed by atoms with van der Waals surface area (Å²) in [4.78, 5) is 17.4. The van der Waals surface area contributed by atoms with Gasteiger partial charge in [-0.1, -0.05) is 0 Å². The fourth-order valence-electron chi connectivity index (χ4n) is 4.78. The van der Waals surface area contributed by atoms with E-state index in [0.29, 0.717) is 24.5 Å². The van der Waals surface area contributed by atoms with Crippen LogP contribution in [-0.4, -0.2) is 125 Å². The summed E-state index contributed by atoms with van der Waals surface area (Å²) in [7, 11) is 0. The van der Waals surface area contributed by atoms with Gasteiger partial charge in [-0.05, 0) is 61.5 Å². The fraction of sp³-hybridized carbons (Fsp3) is 0.419. The van der Waals surface area contributed by atoms with E-state index in [-0.39, 0.29) is 94.2 Å². The van der Waals surface area contributed by atoms with E-state index in [4.69, 9.17) is 20.4 Å². The molecule has 2 aromatic carbocycles. The first-order chi connectivity index (χ1) is 21.5. The molecule has 0 aliphatic heterocycles. The third kappa shape index (κ3) is 10.6. The molecule has 3 rings (SSSR count). The lowest BCUT2D eigenvalue weighted by Crippen LogP contribution is -2.49. The Kier molecular flexibility index (Phi) is 13.5. The highest BCUT2D eigenvalue weighted by atomic mass is 16.6. The minimum Gasteiger partial charge on any atom is -0.633 e. The molecule has 0 heterocycles. The number of quaternary nitrogens is 2. The SMILES string of the molecule is CC1=C(O)/C(=N/c2ccc(NCC[N+]([O-])(CCO)CCO)cc2)C=C(Nc2ccc(NCC[N+]([O-])(CCO)CCO)cc2)C1=O. The number of hydroxylamine groups is 6. The Balaban J connectivity index is 1.63. The van der Waals surface area contributed by atoms with Gasteiger partial charge in [0.1, 0.15) is 37.6 Å². The Morgan fingerprint density at radius 2 is 1.11 bits per heavy atom. The maximum absolute atomic E-state index is 12.9. The van der Waals surface area contributed by atoms with E-state index in [0.717, 1.165) is 11.4 Å². The van der Waals surface area contributed by atoms with Gasteiger partial charge in [-0.15, -0.1) is 0 Å². The summed E-state index contributed by atoms with van der Waals surface area (Å²) in [6.07, 6.45) is 1.48. The van der Waals surface area contributed by atoms with Crippen molar-refractivity contribution in [3.8, 4) is 0 Å². The molecule has 0 aromatic heterocycles. The van der Waals surface area contributed by atoms with Crippen LogP contribution in [-0.2, 0) is 4.79 Å². The molecule has 14 nitrogen and oxygen atoms in total. The Morgan fingerprint density at radius 3 is 1.56 bits per heavy atom. The Bertz CT molecular complexity index is 1330. The van der Waals surface area contributed by atoms with E-state index in [1.54, 1.807) is 48.5 Å². The number of anilines is 3. The van der Waals surface area contributed by atoms with Gasteiger partial charge in [-0.3, -0.25) is 4.79 Å². The molecule has 0 bridgehead atoms. The van der Waals surface area contributed by atoms with Crippen molar-refractivity contribution in [3.05, 3.63) is 82.1 Å². The smallest absolute Gasteiger partial charge is 0.208 e. The standard InChI is InChI=1S/C31H44N6O8/c1-23-30(42)28(34-26-6-2-24(3-7-26)32-10-12-36(44,14-18-38)15-19-39)22-29(31(23)43)35-27-8-4-25(5-9-27)33-11-13-37(45,16-20-40)17-21-41/h2-9,22,32-34,38-41,43H,10-21H2,1H3/b35-29+. The summed E-state index contributed by atoms with van der Waals surface area (Å²) < 4.78 is -1.39. The molecule has 1 aliphatic rings. The van der Waals surface area contributed by atoms with Crippen LogP contribution < -0.4 is 16.0 Å². The van der Waals surface area contributed by atoms with Crippen LogP contribution in [0.1, 0.15) is 6.92 Å². The molecule has 0 amide bonds. The number of nitrogens with one attached hydrogen (secondary N) is 3. The summed E-state index contributed by atoms with van der Waals surface area (Å²) in [5.74, 6) is -0.597. The van der Waals surface area contributed by atoms with E-state index in [1.165, 1.54) is 13.0 Å². The zero-order valence-corrected chi connectivity index (χ0v) is 25.5. The molecule has 0 atom stereocenters. The number of Topliss-reactive ketones (excluding diaryl/α,β-unsaturated/α-hetero) is 1. The number of allylic oxidation sites excluding steroid dienone is 2. The fourth-order valence-corrected chi connectivity index (χ4v) is 4.78. The third-order valence-corrected chi connectivity index (χ3v) is 7.47. The molecule has 0 radical (unpaired) electrons. The average molecular weight is 629 g/mol. The minimum absolute atomic E-state index is 0.00743. The van der Waals surface area contributed by atoms with Crippen LogP contribution in [0.2, 0.25) is 0 Å². The van der Waals surface area contributed by atoms with E-state index < -0.39 is 9.29 Å². The molecule has 1 aliphatic carbocycles. The monoisotopic (exact) mass is 628 g/mol. The van der Waals surface area contributed by atoms with Crippen molar-refractivity contribution in [2.24, 2.45) is 4.99 Å². The molecule has 0 unspecified atom stereocenters. The van der Waals surface area contributed by atoms with Gasteiger partial charge in [0.15, 0.2) is 0 Å². The number of hydrogen-bond acceptors (Lipinski definition) is 12. The third-order valence-electron chi connectivity index (χ3n) is 7.47. The Morgan fingerprint density at radius 1 is 0.689 bits per heavy atom. The average Bonchev–Trinajstić information content (AvgIpc) is 3.00. The molecule has 0 fully saturated rings. The number of carbonyl (C=O) groups excluding carboxylic acids is 1. The van der Waals surface area contributed by atoms with Gasteiger partial charge in [0.05, 0.1) is 64.0 Å². The Labute approximate surface area is 262 Å². The van der Waals surface area contributed by atoms with Crippen molar-refractivity contribution in [2.75, 3.05) is 94.7 Å². The first-order valence-electron chi connectivity index (χ1n) is 14.8. The van der Waals surface area contributed by atoms with Gasteiger partial charge in [0, 0.05) is 22.6 Å². The molecular formula is C31H44N6O8. The van der Waals surface area contributed by atoms with Crippen molar-refractivity contribution in [1.29, 1.82) is 0 Å². The number of aliphatic hydroxyl groups excluding tert-OH is 5. The minimum atomic E-state index is -0.694. The topological polar surface area (TPSA) is 213 Å². The van der Waals surface area contributed by atoms with Crippen LogP contribution >= 0.6 is 0 Å². The highest BCUT2D eigenvalue weighted by Crippen LogP contribution is 2.25. The summed E-state index contributed by atoms with van der Waals surface area (Å²) in [6, 6.07) is 14.1. The molecule has 0 saturated carbocycles. The van der Waals surface area contributed by atoms with E-state index in [1.807, 2.05) is 0 Å². The highest BCUT2D eigenvalue weighted by Gasteiger charge is 2.25. The Hall–Kier alpha value is -3.86. The van der Waals surface area contributed by atoms with Crippen LogP contribution in [0.5, 0.6) is 0 Å². The van der Waals surface area contributed by atoms with Gasteiger partial charge < -0.3 is 61.2 Å². The van der Waals surface area contributed by atoms with Crippen molar-refractivity contribution >= 4 is 34.2 Å². The van der Waals surface area contributed by atoms with Gasteiger partial charge >= 0.3 is 0 Å². The number of benzene rings is 2. The predicted molar refractivity (Wildman–Crippen MR) is 174 cm³/mol. The summed E-state index contributed by atoms with van der Waals surface area (Å²) in [6.45, 7) is 1.55.